The number of aliphatic carboxylic acids is 1. The number of hydrogen-bond acceptors (Lipinski definition) is 4. The predicted molar refractivity (Wildman–Crippen MR) is 71.6 cm³/mol. The Kier molecular flexibility index (Phi) is 5.07. The highest BCUT2D eigenvalue weighted by molar-refractivity contribution is 9.10. The van der Waals surface area contributed by atoms with Gasteiger partial charge in [0.05, 0.1) is 6.61 Å². The second-order valence-electron chi connectivity index (χ2n) is 4.18. The number of hydrogen-bond donors (Lipinski definition) is 1. The molecule has 106 valence electrons. The zero-order chi connectivity index (χ0) is 14.7. The van der Waals surface area contributed by atoms with Gasteiger partial charge in [-0.25, -0.2) is 4.79 Å². The van der Waals surface area contributed by atoms with E-state index in [1.165, 1.54) is 14.2 Å². The first-order chi connectivity index (χ1) is 8.81. The summed E-state index contributed by atoms with van der Waals surface area (Å²) in [6.45, 7) is 1.51. The molecular formula is C11H15BrN2O5. The Morgan fingerprint density at radius 3 is 2.53 bits per heavy atom. The molecule has 1 aromatic rings. The Labute approximate surface area is 117 Å². The molecule has 0 amide bonds. The Bertz CT molecular complexity index is 604. The Morgan fingerprint density at radius 1 is 1.47 bits per heavy atom. The van der Waals surface area contributed by atoms with E-state index in [9.17, 15) is 14.4 Å². The smallest absolute Gasteiger partial charge is 0.331 e. The maximum atomic E-state index is 12.0. The number of rotatable bonds is 5. The zero-order valence-corrected chi connectivity index (χ0v) is 12.4. The number of halogens is 1. The number of carboxylic acid groups (broad SMARTS) is 1. The normalized spacial score (nSPS) is 12.4. The molecular weight excluding hydrogens is 320 g/mol. The van der Waals surface area contributed by atoms with Crippen LogP contribution in [-0.4, -0.2) is 33.9 Å². The molecule has 1 N–H and O–H groups in total. The van der Waals surface area contributed by atoms with Gasteiger partial charge in [0, 0.05) is 25.8 Å². The van der Waals surface area contributed by atoms with Crippen molar-refractivity contribution in [1.82, 2.24) is 9.13 Å². The van der Waals surface area contributed by atoms with Gasteiger partial charge >= 0.3 is 11.7 Å². The molecule has 0 aromatic carbocycles. The minimum atomic E-state index is -1.15. The minimum Gasteiger partial charge on any atom is -0.480 e. The Morgan fingerprint density at radius 2 is 2.05 bits per heavy atom. The lowest BCUT2D eigenvalue weighted by Crippen LogP contribution is -2.42. The fourth-order valence-corrected chi connectivity index (χ4v) is 2.72. The summed E-state index contributed by atoms with van der Waals surface area (Å²) in [6.07, 6.45) is 0. The van der Waals surface area contributed by atoms with Gasteiger partial charge in [0.1, 0.15) is 11.0 Å². The van der Waals surface area contributed by atoms with Crippen molar-refractivity contribution in [1.29, 1.82) is 0 Å². The van der Waals surface area contributed by atoms with Crippen LogP contribution in [0, 0.1) is 0 Å². The quantitative estimate of drug-likeness (QED) is 0.827. The van der Waals surface area contributed by atoms with E-state index in [-0.39, 0.29) is 17.0 Å². The topological polar surface area (TPSA) is 90.5 Å². The van der Waals surface area contributed by atoms with Crippen LogP contribution in [0.4, 0.5) is 0 Å². The monoisotopic (exact) mass is 334 g/mol. The molecule has 0 radical (unpaired) electrons. The van der Waals surface area contributed by atoms with Gasteiger partial charge in [0.25, 0.3) is 5.56 Å². The van der Waals surface area contributed by atoms with Crippen molar-refractivity contribution < 1.29 is 14.6 Å². The van der Waals surface area contributed by atoms with E-state index < -0.39 is 23.8 Å². The first-order valence-corrected chi connectivity index (χ1v) is 6.30. The number of nitrogens with zero attached hydrogens (tertiary/aromatic N) is 2. The third kappa shape index (κ3) is 3.13. The van der Waals surface area contributed by atoms with E-state index in [1.54, 1.807) is 6.92 Å². The third-order valence-electron chi connectivity index (χ3n) is 2.70. The minimum absolute atomic E-state index is 0.181. The average molecular weight is 335 g/mol. The molecule has 7 nitrogen and oxygen atoms in total. The van der Waals surface area contributed by atoms with Crippen LogP contribution in [0.5, 0.6) is 0 Å². The largest absolute Gasteiger partial charge is 0.480 e. The van der Waals surface area contributed by atoms with Crippen molar-refractivity contribution in [2.75, 3.05) is 13.7 Å². The van der Waals surface area contributed by atoms with Crippen molar-refractivity contribution in [3.8, 4) is 0 Å². The van der Waals surface area contributed by atoms with Crippen molar-refractivity contribution in [2.45, 2.75) is 19.4 Å². The molecule has 1 rings (SSSR count). The highest BCUT2D eigenvalue weighted by atomic mass is 79.9. The van der Waals surface area contributed by atoms with Crippen molar-refractivity contribution in [3.63, 3.8) is 0 Å². The van der Waals surface area contributed by atoms with Crippen LogP contribution < -0.4 is 11.2 Å². The molecule has 1 aromatic heterocycles. The number of carbonyl (C=O) groups is 1. The SMILES string of the molecule is COC[C@@H](C)c1c(Br)c(=O)n(C)c(=O)n1CC(=O)O. The first kappa shape index (κ1) is 15.6. The van der Waals surface area contributed by atoms with Crippen LogP contribution >= 0.6 is 15.9 Å². The molecule has 8 heteroatoms. The summed E-state index contributed by atoms with van der Waals surface area (Å²) in [4.78, 5) is 34.7. The maximum absolute atomic E-state index is 12.0. The van der Waals surface area contributed by atoms with Crippen LogP contribution in [0.2, 0.25) is 0 Å². The van der Waals surface area contributed by atoms with Crippen molar-refractivity contribution >= 4 is 21.9 Å². The van der Waals surface area contributed by atoms with Gasteiger partial charge in [-0.2, -0.15) is 0 Å². The van der Waals surface area contributed by atoms with Gasteiger partial charge in [-0.05, 0) is 15.9 Å². The first-order valence-electron chi connectivity index (χ1n) is 5.51. The molecule has 0 bridgehead atoms. The lowest BCUT2D eigenvalue weighted by molar-refractivity contribution is -0.137. The summed E-state index contributed by atoms with van der Waals surface area (Å²) in [5.41, 5.74) is -0.824. The molecule has 0 fully saturated rings. The van der Waals surface area contributed by atoms with Gasteiger partial charge in [-0.15, -0.1) is 0 Å². The van der Waals surface area contributed by atoms with Gasteiger partial charge < -0.3 is 9.84 Å². The second-order valence-corrected chi connectivity index (χ2v) is 4.98. The van der Waals surface area contributed by atoms with E-state index in [1.807, 2.05) is 0 Å². The molecule has 0 spiro atoms. The van der Waals surface area contributed by atoms with Crippen molar-refractivity contribution in [3.05, 3.63) is 31.0 Å². The standard InChI is InChI=1S/C11H15BrN2O5/c1-6(5-19-3)9-8(12)10(17)13(2)11(18)14(9)4-7(15)16/h6H,4-5H2,1-3H3,(H,15,16)/t6-/m1/s1. The number of aromatic nitrogens is 2. The average Bonchev–Trinajstić information content (AvgIpc) is 2.33. The molecule has 0 aliphatic carbocycles. The van der Waals surface area contributed by atoms with E-state index in [0.29, 0.717) is 5.69 Å². The number of carboxylic acids is 1. The lowest BCUT2D eigenvalue weighted by atomic mass is 10.1. The van der Waals surface area contributed by atoms with Crippen LogP contribution in [0.15, 0.2) is 14.1 Å². The van der Waals surface area contributed by atoms with Crippen LogP contribution in [0.25, 0.3) is 0 Å². The van der Waals surface area contributed by atoms with E-state index in [4.69, 9.17) is 9.84 Å². The maximum Gasteiger partial charge on any atom is 0.331 e. The van der Waals surface area contributed by atoms with Crippen LogP contribution in [0.3, 0.4) is 0 Å². The predicted octanol–water partition coefficient (Wildman–Crippen LogP) is 0.144. The molecule has 19 heavy (non-hydrogen) atoms. The zero-order valence-electron chi connectivity index (χ0n) is 10.8. The summed E-state index contributed by atoms with van der Waals surface area (Å²) >= 11 is 3.14. The summed E-state index contributed by atoms with van der Waals surface area (Å²) < 4.78 is 7.11. The van der Waals surface area contributed by atoms with E-state index in [0.717, 1.165) is 9.13 Å². The Balaban J connectivity index is 3.61. The molecule has 0 saturated carbocycles. The van der Waals surface area contributed by atoms with Gasteiger partial charge in [0.2, 0.25) is 0 Å². The van der Waals surface area contributed by atoms with Crippen LogP contribution in [-0.2, 0) is 23.1 Å². The van der Waals surface area contributed by atoms with E-state index >= 15 is 0 Å². The fraction of sp³-hybridized carbons (Fsp3) is 0.545. The second kappa shape index (κ2) is 6.16. The highest BCUT2D eigenvalue weighted by Gasteiger charge is 2.21. The molecule has 0 aliphatic heterocycles. The third-order valence-corrected chi connectivity index (χ3v) is 3.45. The van der Waals surface area contributed by atoms with Gasteiger partial charge in [0.15, 0.2) is 0 Å². The summed E-state index contributed by atoms with van der Waals surface area (Å²) in [6, 6.07) is 0. The van der Waals surface area contributed by atoms with Crippen molar-refractivity contribution in [2.24, 2.45) is 7.05 Å². The fourth-order valence-electron chi connectivity index (χ4n) is 1.85. The summed E-state index contributed by atoms with van der Waals surface area (Å²) in [5.74, 6) is -1.45. The Hall–Kier alpha value is -1.41. The molecule has 1 atom stereocenters. The number of ether oxygens (including phenoxy) is 1. The molecule has 0 unspecified atom stereocenters. The van der Waals surface area contributed by atoms with E-state index in [2.05, 4.69) is 15.9 Å². The van der Waals surface area contributed by atoms with Gasteiger partial charge in [-0.1, -0.05) is 6.92 Å². The summed E-state index contributed by atoms with van der Waals surface area (Å²) in [5, 5.41) is 8.88. The van der Waals surface area contributed by atoms with Gasteiger partial charge in [-0.3, -0.25) is 18.7 Å². The number of methoxy groups -OCH3 is 1. The molecule has 1 heterocycles. The molecule has 0 saturated heterocycles. The highest BCUT2D eigenvalue weighted by Crippen LogP contribution is 2.21. The lowest BCUT2D eigenvalue weighted by Gasteiger charge is -2.19. The van der Waals surface area contributed by atoms with Crippen LogP contribution in [0.1, 0.15) is 18.5 Å². The molecule has 0 aliphatic rings. The summed E-state index contributed by atoms with van der Waals surface area (Å²) in [7, 11) is 2.80.